The quantitative estimate of drug-likeness (QED) is 0.705. The van der Waals surface area contributed by atoms with Crippen molar-refractivity contribution in [2.75, 3.05) is 11.9 Å². The smallest absolute Gasteiger partial charge is 0.313 e. The third-order valence-corrected chi connectivity index (χ3v) is 3.75. The molecule has 5 nitrogen and oxygen atoms in total. The van der Waals surface area contributed by atoms with E-state index in [0.717, 1.165) is 24.0 Å². The van der Waals surface area contributed by atoms with Crippen LogP contribution in [-0.2, 0) is 9.59 Å². The van der Waals surface area contributed by atoms with Gasteiger partial charge in [0.25, 0.3) is 0 Å². The number of amides is 2. The molecule has 0 aromatic heterocycles. The van der Waals surface area contributed by atoms with Crippen LogP contribution in [0.25, 0.3) is 0 Å². The largest absolute Gasteiger partial charge is 0.391 e. The monoisotopic (exact) mass is 306 g/mol. The van der Waals surface area contributed by atoms with Crippen molar-refractivity contribution < 1.29 is 14.7 Å². The molecule has 22 heavy (non-hydrogen) atoms. The van der Waals surface area contributed by atoms with Crippen molar-refractivity contribution in [3.63, 3.8) is 0 Å². The summed E-state index contributed by atoms with van der Waals surface area (Å²) in [7, 11) is 0. The summed E-state index contributed by atoms with van der Waals surface area (Å²) in [5.41, 5.74) is 2.62. The molecular formula is C17H26N2O3. The van der Waals surface area contributed by atoms with Crippen LogP contribution in [0.1, 0.15) is 37.8 Å². The van der Waals surface area contributed by atoms with Gasteiger partial charge in [0.1, 0.15) is 0 Å². The highest BCUT2D eigenvalue weighted by molar-refractivity contribution is 6.39. The predicted octanol–water partition coefficient (Wildman–Crippen LogP) is 2.16. The summed E-state index contributed by atoms with van der Waals surface area (Å²) >= 11 is 0. The Hall–Kier alpha value is -1.88. The number of nitrogens with one attached hydrogen (secondary N) is 2. The minimum atomic E-state index is -0.732. The van der Waals surface area contributed by atoms with Crippen LogP contribution in [0, 0.1) is 19.8 Å². The van der Waals surface area contributed by atoms with Gasteiger partial charge in [-0.05, 0) is 43.0 Å². The minimum Gasteiger partial charge on any atom is -0.391 e. The van der Waals surface area contributed by atoms with E-state index >= 15 is 0 Å². The molecule has 0 saturated carbocycles. The van der Waals surface area contributed by atoms with Gasteiger partial charge >= 0.3 is 11.8 Å². The molecule has 0 fully saturated rings. The maximum atomic E-state index is 11.9. The van der Waals surface area contributed by atoms with Gasteiger partial charge in [0, 0.05) is 12.2 Å². The molecule has 1 unspecified atom stereocenters. The zero-order chi connectivity index (χ0) is 16.7. The molecule has 0 bridgehead atoms. The molecule has 0 radical (unpaired) electrons. The second kappa shape index (κ2) is 8.54. The summed E-state index contributed by atoms with van der Waals surface area (Å²) in [5, 5.41) is 15.0. The zero-order valence-electron chi connectivity index (χ0n) is 13.8. The highest BCUT2D eigenvalue weighted by Gasteiger charge is 2.19. The van der Waals surface area contributed by atoms with E-state index in [1.165, 1.54) is 0 Å². The van der Waals surface area contributed by atoms with Crippen molar-refractivity contribution in [3.05, 3.63) is 29.3 Å². The molecule has 0 aliphatic heterocycles. The van der Waals surface area contributed by atoms with Crippen LogP contribution in [0.15, 0.2) is 18.2 Å². The first-order valence-electron chi connectivity index (χ1n) is 7.72. The fourth-order valence-electron chi connectivity index (χ4n) is 2.51. The number of hydrogen-bond donors (Lipinski definition) is 3. The second-order valence-electron chi connectivity index (χ2n) is 5.68. The van der Waals surface area contributed by atoms with Gasteiger partial charge in [-0.1, -0.05) is 32.8 Å². The van der Waals surface area contributed by atoms with Gasteiger partial charge in [-0.25, -0.2) is 0 Å². The summed E-state index contributed by atoms with van der Waals surface area (Å²) in [6.07, 6.45) is 1.04. The lowest BCUT2D eigenvalue weighted by molar-refractivity contribution is -0.136. The minimum absolute atomic E-state index is 0.0887. The summed E-state index contributed by atoms with van der Waals surface area (Å²) in [5.74, 6) is -1.33. The van der Waals surface area contributed by atoms with Crippen LogP contribution in [0.2, 0.25) is 0 Å². The Morgan fingerprint density at radius 3 is 2.09 bits per heavy atom. The number of rotatable bonds is 6. The molecule has 0 spiro atoms. The van der Waals surface area contributed by atoms with E-state index in [1.807, 2.05) is 33.8 Å². The highest BCUT2D eigenvalue weighted by Crippen LogP contribution is 2.14. The van der Waals surface area contributed by atoms with Gasteiger partial charge in [-0.3, -0.25) is 9.59 Å². The number of hydrogen-bond acceptors (Lipinski definition) is 3. The molecule has 5 heteroatoms. The van der Waals surface area contributed by atoms with E-state index < -0.39 is 17.9 Å². The van der Waals surface area contributed by atoms with Gasteiger partial charge in [-0.2, -0.15) is 0 Å². The Morgan fingerprint density at radius 1 is 1.05 bits per heavy atom. The molecule has 1 rings (SSSR count). The number of carbonyl (C=O) groups excluding carboxylic acids is 2. The third-order valence-electron chi connectivity index (χ3n) is 3.75. The zero-order valence-corrected chi connectivity index (χ0v) is 13.8. The molecule has 3 N–H and O–H groups in total. The van der Waals surface area contributed by atoms with Crippen molar-refractivity contribution in [2.24, 2.45) is 5.92 Å². The summed E-state index contributed by atoms with van der Waals surface area (Å²) < 4.78 is 0. The molecular weight excluding hydrogens is 280 g/mol. The van der Waals surface area contributed by atoms with Gasteiger partial charge in [-0.15, -0.1) is 0 Å². The fourth-order valence-corrected chi connectivity index (χ4v) is 2.51. The highest BCUT2D eigenvalue weighted by atomic mass is 16.3. The molecule has 1 aromatic carbocycles. The Kier molecular flexibility index (Phi) is 7.05. The summed E-state index contributed by atoms with van der Waals surface area (Å²) in [6.45, 7) is 7.92. The van der Waals surface area contributed by atoms with Crippen LogP contribution in [0.5, 0.6) is 0 Å². The Bertz CT molecular complexity index is 504. The number of benzene rings is 1. The number of aliphatic hydroxyl groups is 1. The first kappa shape index (κ1) is 18.2. The van der Waals surface area contributed by atoms with E-state index in [1.54, 1.807) is 12.1 Å². The van der Waals surface area contributed by atoms with Crippen molar-refractivity contribution >= 4 is 17.5 Å². The topological polar surface area (TPSA) is 78.4 Å². The average molecular weight is 306 g/mol. The standard InChI is InChI=1S/C17H26N2O3/c1-5-13(6-2)15(20)10-18-16(21)17(22)19-14-8-11(3)7-12(4)9-14/h7-9,13,15,20H,5-6,10H2,1-4H3,(H,18,21)(H,19,22). The molecule has 0 aliphatic carbocycles. The maximum Gasteiger partial charge on any atom is 0.313 e. The molecule has 122 valence electrons. The van der Waals surface area contributed by atoms with Gasteiger partial charge in [0.15, 0.2) is 0 Å². The van der Waals surface area contributed by atoms with E-state index in [4.69, 9.17) is 0 Å². The molecule has 1 aromatic rings. The lowest BCUT2D eigenvalue weighted by Crippen LogP contribution is -2.41. The molecule has 2 amide bonds. The Balaban J connectivity index is 2.53. The van der Waals surface area contributed by atoms with Crippen LogP contribution < -0.4 is 10.6 Å². The van der Waals surface area contributed by atoms with Crippen LogP contribution >= 0.6 is 0 Å². The average Bonchev–Trinajstić information content (AvgIpc) is 2.44. The molecule has 0 saturated heterocycles. The first-order valence-corrected chi connectivity index (χ1v) is 7.72. The Labute approximate surface area is 132 Å². The normalized spacial score (nSPS) is 12.1. The van der Waals surface area contributed by atoms with E-state index in [-0.39, 0.29) is 12.5 Å². The van der Waals surface area contributed by atoms with E-state index in [9.17, 15) is 14.7 Å². The van der Waals surface area contributed by atoms with E-state index in [0.29, 0.717) is 5.69 Å². The third kappa shape index (κ3) is 5.48. The van der Waals surface area contributed by atoms with Gasteiger partial charge in [0.05, 0.1) is 6.10 Å². The number of anilines is 1. The number of aliphatic hydroxyl groups excluding tert-OH is 1. The van der Waals surface area contributed by atoms with Gasteiger partial charge in [0.2, 0.25) is 0 Å². The number of carbonyl (C=O) groups is 2. The number of aryl methyl sites for hydroxylation is 2. The van der Waals surface area contributed by atoms with Crippen LogP contribution in [0.3, 0.4) is 0 Å². The first-order chi connectivity index (χ1) is 10.4. The Morgan fingerprint density at radius 2 is 1.59 bits per heavy atom. The maximum absolute atomic E-state index is 11.9. The lowest BCUT2D eigenvalue weighted by atomic mass is 9.96. The van der Waals surface area contributed by atoms with Crippen molar-refractivity contribution in [1.82, 2.24) is 5.32 Å². The lowest BCUT2D eigenvalue weighted by Gasteiger charge is -2.20. The van der Waals surface area contributed by atoms with Gasteiger partial charge < -0.3 is 15.7 Å². The van der Waals surface area contributed by atoms with Crippen molar-refractivity contribution in [1.29, 1.82) is 0 Å². The SMILES string of the molecule is CCC(CC)C(O)CNC(=O)C(=O)Nc1cc(C)cc(C)c1. The fraction of sp³-hybridized carbons (Fsp3) is 0.529. The summed E-state index contributed by atoms with van der Waals surface area (Å²) in [4.78, 5) is 23.6. The second-order valence-corrected chi connectivity index (χ2v) is 5.68. The van der Waals surface area contributed by atoms with Crippen LogP contribution in [0.4, 0.5) is 5.69 Å². The van der Waals surface area contributed by atoms with E-state index in [2.05, 4.69) is 10.6 Å². The molecule has 1 atom stereocenters. The van der Waals surface area contributed by atoms with Crippen LogP contribution in [-0.4, -0.2) is 29.6 Å². The predicted molar refractivity (Wildman–Crippen MR) is 87.6 cm³/mol. The molecule has 0 aliphatic rings. The summed E-state index contributed by atoms with van der Waals surface area (Å²) in [6, 6.07) is 5.59. The van der Waals surface area contributed by atoms with Crippen molar-refractivity contribution in [3.8, 4) is 0 Å². The molecule has 0 heterocycles. The van der Waals surface area contributed by atoms with Crippen molar-refractivity contribution in [2.45, 2.75) is 46.6 Å².